The molecule has 2 atom stereocenters. The van der Waals surface area contributed by atoms with E-state index in [9.17, 15) is 0 Å². The molecule has 1 saturated heterocycles. The highest BCUT2D eigenvalue weighted by molar-refractivity contribution is 6.30. The van der Waals surface area contributed by atoms with Crippen molar-refractivity contribution >= 4 is 65.6 Å². The fourth-order valence-corrected chi connectivity index (χ4v) is 9.30. The Bertz CT molecular complexity index is 3240. The topological polar surface area (TPSA) is 59.1 Å². The lowest BCUT2D eigenvalue weighted by molar-refractivity contribution is 0.203. The zero-order valence-electron chi connectivity index (χ0n) is 30.9. The minimum Gasteiger partial charge on any atom is -0.455 e. The fourth-order valence-electron chi connectivity index (χ4n) is 9.30. The molecule has 57 heavy (non-hydrogen) atoms. The van der Waals surface area contributed by atoms with Crippen molar-refractivity contribution in [3.63, 3.8) is 0 Å². The lowest BCUT2D eigenvalue weighted by Crippen LogP contribution is -2.54. The van der Waals surface area contributed by atoms with Gasteiger partial charge in [0.2, 0.25) is 0 Å². The average Bonchev–Trinajstić information content (AvgIpc) is 3.95. The molecule has 272 valence electrons. The second kappa shape index (κ2) is 12.8. The number of hydrogen-bond acceptors (Lipinski definition) is 4. The van der Waals surface area contributed by atoms with Crippen molar-refractivity contribution in [1.29, 1.82) is 0 Å². The van der Waals surface area contributed by atoms with Gasteiger partial charge in [0.25, 0.3) is 0 Å². The highest BCUT2D eigenvalue weighted by Crippen LogP contribution is 2.45. The molecule has 6 nitrogen and oxygen atoms in total. The maximum atomic E-state index is 6.70. The molecule has 12 rings (SSSR count). The van der Waals surface area contributed by atoms with Crippen LogP contribution in [-0.4, -0.2) is 9.13 Å². The van der Waals surface area contributed by atoms with Crippen LogP contribution in [0.5, 0.6) is 0 Å². The summed E-state index contributed by atoms with van der Waals surface area (Å²) in [5.41, 5.74) is 12.2. The molecule has 3 N–H and O–H groups in total. The predicted octanol–water partition coefficient (Wildman–Crippen LogP) is 12.0. The van der Waals surface area contributed by atoms with Crippen LogP contribution in [-0.2, 0) is 0 Å². The van der Waals surface area contributed by atoms with Crippen LogP contribution < -0.4 is 16.0 Å². The van der Waals surface area contributed by atoms with E-state index < -0.39 is 0 Å². The molecule has 1 fully saturated rings. The van der Waals surface area contributed by atoms with Crippen molar-refractivity contribution in [3.05, 3.63) is 205 Å². The van der Waals surface area contributed by atoms with E-state index in [1.54, 1.807) is 0 Å². The Morgan fingerprint density at radius 1 is 0.368 bits per heavy atom. The van der Waals surface area contributed by atoms with Gasteiger partial charge >= 0.3 is 0 Å². The van der Waals surface area contributed by atoms with E-state index in [0.717, 1.165) is 60.8 Å². The first-order valence-corrected chi connectivity index (χ1v) is 19.6. The Balaban J connectivity index is 1.08. The maximum Gasteiger partial charge on any atom is 0.145 e. The van der Waals surface area contributed by atoms with Gasteiger partial charge in [0.15, 0.2) is 0 Å². The van der Waals surface area contributed by atoms with Gasteiger partial charge in [-0.3, -0.25) is 16.0 Å². The average molecular weight is 736 g/mol. The van der Waals surface area contributed by atoms with Crippen LogP contribution in [0.1, 0.15) is 35.2 Å². The first-order valence-electron chi connectivity index (χ1n) is 19.6. The number of rotatable bonds is 5. The first kappa shape index (κ1) is 32.3. The number of nitrogens with zero attached hydrogens (tertiary/aromatic N) is 2. The van der Waals surface area contributed by atoms with Gasteiger partial charge in [0, 0.05) is 38.3 Å². The molecule has 11 aromatic rings. The third-order valence-electron chi connectivity index (χ3n) is 11.8. The summed E-state index contributed by atoms with van der Waals surface area (Å²) in [7, 11) is 0. The molecule has 0 amide bonds. The number of para-hydroxylation sites is 3. The van der Waals surface area contributed by atoms with Gasteiger partial charge in [-0.25, -0.2) is 0 Å². The molecule has 3 aromatic heterocycles. The summed E-state index contributed by atoms with van der Waals surface area (Å²) >= 11 is 0. The third kappa shape index (κ3) is 5.02. The molecule has 6 heteroatoms. The Labute approximate surface area is 328 Å². The van der Waals surface area contributed by atoms with Crippen LogP contribution in [0.4, 0.5) is 0 Å². The smallest absolute Gasteiger partial charge is 0.145 e. The number of fused-ring (bicyclic) bond motifs is 11. The van der Waals surface area contributed by atoms with Gasteiger partial charge in [-0.05, 0) is 77.4 Å². The summed E-state index contributed by atoms with van der Waals surface area (Å²) in [5.74, 6) is 0. The maximum absolute atomic E-state index is 6.70. The molecular formula is C51H37N5O. The van der Waals surface area contributed by atoms with Crippen LogP contribution in [0.3, 0.4) is 0 Å². The van der Waals surface area contributed by atoms with Gasteiger partial charge in [0.1, 0.15) is 11.2 Å². The van der Waals surface area contributed by atoms with Crippen LogP contribution in [0.15, 0.2) is 192 Å². The van der Waals surface area contributed by atoms with Gasteiger partial charge in [0.05, 0.1) is 46.0 Å². The zero-order chi connectivity index (χ0) is 37.5. The molecule has 8 aromatic carbocycles. The quantitative estimate of drug-likeness (QED) is 0.165. The number of hydrogen-bond donors (Lipinski definition) is 3. The van der Waals surface area contributed by atoms with E-state index in [0.29, 0.717) is 0 Å². The van der Waals surface area contributed by atoms with E-state index in [-0.39, 0.29) is 18.5 Å². The summed E-state index contributed by atoms with van der Waals surface area (Å²) in [6.07, 6.45) is -0.217. The van der Waals surface area contributed by atoms with Gasteiger partial charge in [-0.1, -0.05) is 127 Å². The molecule has 1 aliphatic heterocycles. The van der Waals surface area contributed by atoms with E-state index >= 15 is 0 Å². The highest BCUT2D eigenvalue weighted by Gasteiger charge is 2.30. The van der Waals surface area contributed by atoms with Crippen LogP contribution in [0.25, 0.3) is 76.9 Å². The van der Waals surface area contributed by atoms with Crippen molar-refractivity contribution < 1.29 is 4.42 Å². The van der Waals surface area contributed by atoms with Gasteiger partial charge in [-0.2, -0.15) is 0 Å². The van der Waals surface area contributed by atoms with Gasteiger partial charge < -0.3 is 13.6 Å². The van der Waals surface area contributed by atoms with E-state index in [4.69, 9.17) is 4.42 Å². The molecule has 1 aliphatic rings. The molecule has 0 spiro atoms. The number of benzene rings is 8. The monoisotopic (exact) mass is 735 g/mol. The summed E-state index contributed by atoms with van der Waals surface area (Å²) in [6.45, 7) is 0. The summed E-state index contributed by atoms with van der Waals surface area (Å²) < 4.78 is 11.6. The second-order valence-electron chi connectivity index (χ2n) is 15.0. The van der Waals surface area contributed by atoms with Crippen LogP contribution in [0.2, 0.25) is 0 Å². The minimum absolute atomic E-state index is 0.0500. The van der Waals surface area contributed by atoms with Crippen LogP contribution >= 0.6 is 0 Å². The van der Waals surface area contributed by atoms with Gasteiger partial charge in [-0.15, -0.1) is 0 Å². The predicted molar refractivity (Wildman–Crippen MR) is 233 cm³/mol. The SMILES string of the molecule is c1ccc(C2NC(c3ccccc3)NC(c3cccc(-n4c5ccccc5c5c4ccc4c6c7oc8ccccc8c7ccc6n(-c6ccccc6)c45)c3)N2)cc1. The third-order valence-corrected chi connectivity index (χ3v) is 11.8. The highest BCUT2D eigenvalue weighted by atomic mass is 16.3. The number of furan rings is 1. The van der Waals surface area contributed by atoms with Crippen molar-refractivity contribution in [2.45, 2.75) is 18.5 Å². The summed E-state index contributed by atoms with van der Waals surface area (Å²) in [6, 6.07) is 67.2. The van der Waals surface area contributed by atoms with Crippen LogP contribution in [0, 0.1) is 0 Å². The second-order valence-corrected chi connectivity index (χ2v) is 15.0. The first-order chi connectivity index (χ1) is 28.3. The standard InChI is InChI=1S/C51H37N5O/c1-4-15-32(16-5-1)49-52-50(33-17-6-2-7-18-33)54-51(53-49)34-19-14-22-36(31-34)55-41-25-12-10-24-39(41)45-42(55)30-28-40-46-43(56(47(40)45)35-20-8-3-9-21-35)29-27-38-37-23-11-13-26-44(37)57-48(38)46/h1-31,49-54H. The minimum atomic E-state index is -0.117. The molecule has 0 saturated carbocycles. The Morgan fingerprint density at radius 3 is 1.63 bits per heavy atom. The molecule has 2 unspecified atom stereocenters. The zero-order valence-corrected chi connectivity index (χ0v) is 30.9. The Hall–Kier alpha value is -6.96. The van der Waals surface area contributed by atoms with Crippen molar-refractivity contribution in [2.75, 3.05) is 0 Å². The normalized spacial score (nSPS) is 17.4. The van der Waals surface area contributed by atoms with Crippen molar-refractivity contribution in [1.82, 2.24) is 25.1 Å². The lowest BCUT2D eigenvalue weighted by atomic mass is 10.0. The molecule has 0 aliphatic carbocycles. The molecule has 4 heterocycles. The Morgan fingerprint density at radius 2 is 0.912 bits per heavy atom. The van der Waals surface area contributed by atoms with E-state index in [2.05, 4.69) is 207 Å². The molecule has 0 radical (unpaired) electrons. The van der Waals surface area contributed by atoms with Crippen molar-refractivity contribution in [2.24, 2.45) is 0 Å². The molecule has 0 bridgehead atoms. The number of aromatic nitrogens is 2. The largest absolute Gasteiger partial charge is 0.455 e. The molecular weight excluding hydrogens is 699 g/mol. The Kier molecular flexibility index (Phi) is 7.25. The van der Waals surface area contributed by atoms with E-state index in [1.165, 1.54) is 32.8 Å². The van der Waals surface area contributed by atoms with E-state index in [1.807, 2.05) is 6.07 Å². The number of nitrogens with one attached hydrogen (secondary N) is 3. The summed E-state index contributed by atoms with van der Waals surface area (Å²) in [4.78, 5) is 0. The fraction of sp³-hybridized carbons (Fsp3) is 0.0588. The summed E-state index contributed by atoms with van der Waals surface area (Å²) in [5, 5.41) is 18.5. The lowest BCUT2D eigenvalue weighted by Gasteiger charge is -2.39. The van der Waals surface area contributed by atoms with Crippen molar-refractivity contribution in [3.8, 4) is 11.4 Å².